The molecule has 1 N–H and O–H groups in total. The Labute approximate surface area is 259 Å². The van der Waals surface area contributed by atoms with E-state index in [-0.39, 0.29) is 36.5 Å². The third-order valence-electron chi connectivity index (χ3n) is 9.92. The lowest BCUT2D eigenvalue weighted by molar-refractivity contribution is -0.276. The van der Waals surface area contributed by atoms with Crippen LogP contribution < -0.4 is 4.90 Å². The van der Waals surface area contributed by atoms with Crippen LogP contribution in [-0.2, 0) is 16.1 Å². The number of ether oxygens (including phenoxy) is 2. The van der Waals surface area contributed by atoms with Gasteiger partial charge in [0.25, 0.3) is 11.8 Å². The van der Waals surface area contributed by atoms with Crippen LogP contribution in [0.1, 0.15) is 82.4 Å². The number of carbonyl (C=O) groups is 2. The summed E-state index contributed by atoms with van der Waals surface area (Å²) in [6.07, 6.45) is 4.20. The van der Waals surface area contributed by atoms with Crippen LogP contribution >= 0.6 is 0 Å². The standard InChI is InChI=1S/C36H41N3O5/c1-24-32(22-38-20-6-7-29(38)21-37-18-4-5-19-37)43-36(44-33(24)26-12-10-25(23-40)11-13-26)27-14-16-28(17-15-27)39-34(41)30-8-2-3-9-31(30)35(39)42/h2-3,8-17,24,29,32-33,36,40H,4-7,18-23H2,1H3/t24-,29+,32+,33+,36+/m1/s1. The first-order chi connectivity index (χ1) is 21.5. The number of aliphatic hydroxyl groups is 1. The zero-order valence-corrected chi connectivity index (χ0v) is 25.3. The summed E-state index contributed by atoms with van der Waals surface area (Å²) in [5.74, 6) is -0.507. The van der Waals surface area contributed by atoms with Crippen molar-refractivity contribution in [1.29, 1.82) is 0 Å². The van der Waals surface area contributed by atoms with E-state index in [9.17, 15) is 14.7 Å². The van der Waals surface area contributed by atoms with Gasteiger partial charge < -0.3 is 19.5 Å². The second-order valence-electron chi connectivity index (χ2n) is 12.7. The maximum Gasteiger partial charge on any atom is 0.266 e. The highest BCUT2D eigenvalue weighted by atomic mass is 16.7. The SMILES string of the molecule is C[C@@H]1[C@H](CN2CCC[C@H]2CN2CCCC2)O[C@H](c2ccc(N3C(=O)c4ccccc4C3=O)cc2)O[C@@H]1c1ccc(CO)cc1. The van der Waals surface area contributed by atoms with Crippen LogP contribution in [0.5, 0.6) is 0 Å². The molecule has 3 aromatic rings. The number of hydrogen-bond donors (Lipinski definition) is 1. The summed E-state index contributed by atoms with van der Waals surface area (Å²) in [7, 11) is 0. The topological polar surface area (TPSA) is 82.6 Å². The van der Waals surface area contributed by atoms with Gasteiger partial charge in [-0.1, -0.05) is 55.5 Å². The molecular weight excluding hydrogens is 554 g/mol. The van der Waals surface area contributed by atoms with Gasteiger partial charge in [0.2, 0.25) is 0 Å². The Hall–Kier alpha value is -3.40. The minimum absolute atomic E-state index is 0.00252. The number of carbonyl (C=O) groups excluding carboxylic acids is 2. The first-order valence-corrected chi connectivity index (χ1v) is 16.0. The first kappa shape index (κ1) is 29.3. The van der Waals surface area contributed by atoms with Crippen molar-refractivity contribution < 1.29 is 24.2 Å². The number of fused-ring (bicyclic) bond motifs is 1. The number of anilines is 1. The van der Waals surface area contributed by atoms with Crippen molar-refractivity contribution in [1.82, 2.24) is 9.80 Å². The van der Waals surface area contributed by atoms with Gasteiger partial charge in [-0.3, -0.25) is 14.5 Å². The van der Waals surface area contributed by atoms with Gasteiger partial charge in [0, 0.05) is 30.6 Å². The molecule has 0 radical (unpaired) electrons. The fourth-order valence-electron chi connectivity index (χ4n) is 7.37. The third-order valence-corrected chi connectivity index (χ3v) is 9.92. The van der Waals surface area contributed by atoms with E-state index in [4.69, 9.17) is 9.47 Å². The summed E-state index contributed by atoms with van der Waals surface area (Å²) in [5.41, 5.74) is 4.15. The Morgan fingerprint density at radius 1 is 0.773 bits per heavy atom. The highest BCUT2D eigenvalue weighted by Gasteiger charge is 2.41. The average molecular weight is 596 g/mol. The lowest BCUT2D eigenvalue weighted by Gasteiger charge is -2.43. The van der Waals surface area contributed by atoms with Crippen LogP contribution in [0.15, 0.2) is 72.8 Å². The van der Waals surface area contributed by atoms with E-state index < -0.39 is 6.29 Å². The fourth-order valence-corrected chi connectivity index (χ4v) is 7.37. The first-order valence-electron chi connectivity index (χ1n) is 16.0. The Balaban J connectivity index is 1.13. The second-order valence-corrected chi connectivity index (χ2v) is 12.7. The summed E-state index contributed by atoms with van der Waals surface area (Å²) in [4.78, 5) is 32.6. The lowest BCUT2D eigenvalue weighted by Crippen LogP contribution is -2.48. The molecule has 3 fully saturated rings. The highest BCUT2D eigenvalue weighted by Crippen LogP contribution is 2.43. The van der Waals surface area contributed by atoms with E-state index in [1.807, 2.05) is 36.4 Å². The van der Waals surface area contributed by atoms with Gasteiger partial charge in [0.05, 0.1) is 35.6 Å². The van der Waals surface area contributed by atoms with Crippen molar-refractivity contribution in [3.8, 4) is 0 Å². The van der Waals surface area contributed by atoms with Gasteiger partial charge in [-0.05, 0) is 80.7 Å². The molecule has 0 saturated carbocycles. The summed E-state index contributed by atoms with van der Waals surface area (Å²) in [5, 5.41) is 9.59. The predicted molar refractivity (Wildman–Crippen MR) is 167 cm³/mol. The van der Waals surface area contributed by atoms with Crippen molar-refractivity contribution >= 4 is 17.5 Å². The van der Waals surface area contributed by atoms with Gasteiger partial charge >= 0.3 is 0 Å². The molecule has 3 aromatic carbocycles. The van der Waals surface area contributed by atoms with Crippen molar-refractivity contribution in [2.45, 2.75) is 63.8 Å². The maximum absolute atomic E-state index is 13.1. The molecule has 0 spiro atoms. The van der Waals surface area contributed by atoms with E-state index in [0.29, 0.717) is 22.9 Å². The number of hydrogen-bond acceptors (Lipinski definition) is 7. The molecule has 5 atom stereocenters. The summed E-state index contributed by atoms with van der Waals surface area (Å²) in [6.45, 7) is 7.69. The minimum atomic E-state index is -0.602. The van der Waals surface area contributed by atoms with Crippen LogP contribution in [0.3, 0.4) is 0 Å². The molecular formula is C36H41N3O5. The Bertz CT molecular complexity index is 1450. The number of nitrogens with zero attached hydrogens (tertiary/aromatic N) is 3. The number of imide groups is 1. The van der Waals surface area contributed by atoms with E-state index >= 15 is 0 Å². The molecule has 7 rings (SSSR count). The molecule has 44 heavy (non-hydrogen) atoms. The minimum Gasteiger partial charge on any atom is -0.392 e. The van der Waals surface area contributed by atoms with Gasteiger partial charge in [-0.25, -0.2) is 4.90 Å². The van der Waals surface area contributed by atoms with Crippen LogP contribution in [0, 0.1) is 5.92 Å². The van der Waals surface area contributed by atoms with Gasteiger partial charge in [-0.15, -0.1) is 0 Å². The largest absolute Gasteiger partial charge is 0.392 e. The molecule has 0 bridgehead atoms. The molecule has 3 saturated heterocycles. The summed E-state index contributed by atoms with van der Waals surface area (Å²) in [6, 6.07) is 22.9. The molecule has 8 heteroatoms. The van der Waals surface area contributed by atoms with E-state index in [1.165, 1.54) is 43.7 Å². The quantitative estimate of drug-likeness (QED) is 0.353. The van der Waals surface area contributed by atoms with E-state index in [1.54, 1.807) is 36.4 Å². The van der Waals surface area contributed by atoms with Crippen LogP contribution in [0.25, 0.3) is 0 Å². The Morgan fingerprint density at radius 2 is 1.43 bits per heavy atom. The second kappa shape index (κ2) is 12.5. The van der Waals surface area contributed by atoms with Crippen molar-refractivity contribution in [3.63, 3.8) is 0 Å². The molecule has 0 unspecified atom stereocenters. The molecule has 0 aromatic heterocycles. The zero-order valence-electron chi connectivity index (χ0n) is 25.3. The average Bonchev–Trinajstić information content (AvgIpc) is 3.80. The Morgan fingerprint density at radius 3 is 2.09 bits per heavy atom. The summed E-state index contributed by atoms with van der Waals surface area (Å²) >= 11 is 0. The highest BCUT2D eigenvalue weighted by molar-refractivity contribution is 6.34. The molecule has 0 aliphatic carbocycles. The molecule has 4 heterocycles. The fraction of sp³-hybridized carbons (Fsp3) is 0.444. The maximum atomic E-state index is 13.1. The van der Waals surface area contributed by atoms with E-state index in [0.717, 1.165) is 36.3 Å². The van der Waals surface area contributed by atoms with Crippen molar-refractivity contribution in [2.24, 2.45) is 5.92 Å². The van der Waals surface area contributed by atoms with Crippen molar-refractivity contribution in [2.75, 3.05) is 37.6 Å². The van der Waals surface area contributed by atoms with E-state index in [2.05, 4.69) is 16.7 Å². The van der Waals surface area contributed by atoms with Gasteiger partial charge in [0.15, 0.2) is 6.29 Å². The Kier molecular flexibility index (Phi) is 8.35. The number of aliphatic hydroxyl groups excluding tert-OH is 1. The van der Waals surface area contributed by atoms with Crippen LogP contribution in [0.2, 0.25) is 0 Å². The predicted octanol–water partition coefficient (Wildman–Crippen LogP) is 5.33. The number of rotatable bonds is 8. The number of benzene rings is 3. The molecule has 8 nitrogen and oxygen atoms in total. The van der Waals surface area contributed by atoms with Crippen LogP contribution in [0.4, 0.5) is 5.69 Å². The monoisotopic (exact) mass is 595 g/mol. The van der Waals surface area contributed by atoms with Crippen molar-refractivity contribution in [3.05, 3.63) is 101 Å². The molecule has 4 aliphatic heterocycles. The van der Waals surface area contributed by atoms with Gasteiger partial charge in [-0.2, -0.15) is 0 Å². The third kappa shape index (κ3) is 5.61. The van der Waals surface area contributed by atoms with Crippen LogP contribution in [-0.4, -0.2) is 71.6 Å². The van der Waals surface area contributed by atoms with Gasteiger partial charge in [0.1, 0.15) is 0 Å². The zero-order chi connectivity index (χ0) is 30.2. The number of amides is 2. The smallest absolute Gasteiger partial charge is 0.266 e. The lowest BCUT2D eigenvalue weighted by atomic mass is 9.90. The molecule has 230 valence electrons. The normalized spacial score (nSPS) is 27.8. The molecule has 4 aliphatic rings. The number of likely N-dealkylation sites (tertiary alicyclic amines) is 2. The molecule has 2 amide bonds. The summed E-state index contributed by atoms with van der Waals surface area (Å²) < 4.78 is 13.4.